The summed E-state index contributed by atoms with van der Waals surface area (Å²) in [4.78, 5) is 17.3. The van der Waals surface area contributed by atoms with Gasteiger partial charge in [-0.2, -0.15) is 0 Å². The van der Waals surface area contributed by atoms with E-state index < -0.39 is 0 Å². The van der Waals surface area contributed by atoms with Crippen LogP contribution in [0.5, 0.6) is 0 Å². The van der Waals surface area contributed by atoms with E-state index in [0.29, 0.717) is 6.04 Å². The van der Waals surface area contributed by atoms with E-state index in [1.165, 1.54) is 6.42 Å². The van der Waals surface area contributed by atoms with Crippen LogP contribution in [0.4, 0.5) is 0 Å². The predicted molar refractivity (Wildman–Crippen MR) is 91.3 cm³/mol. The zero-order chi connectivity index (χ0) is 15.7. The maximum atomic E-state index is 12.8. The second kappa shape index (κ2) is 6.72. The first kappa shape index (κ1) is 16.0. The van der Waals surface area contributed by atoms with Gasteiger partial charge in [0, 0.05) is 55.5 Å². The monoisotopic (exact) mass is 368 g/mol. The van der Waals surface area contributed by atoms with E-state index in [9.17, 15) is 4.79 Å². The first-order valence-electron chi connectivity index (χ1n) is 8.17. The minimum Gasteiger partial charge on any atom is -0.340 e. The molecule has 2 fully saturated rings. The number of nitrogens with zero attached hydrogens (tertiary/aromatic N) is 3. The molecule has 0 saturated carbocycles. The Morgan fingerprint density at radius 3 is 2.64 bits per heavy atom. The van der Waals surface area contributed by atoms with Crippen LogP contribution in [0.1, 0.15) is 36.8 Å². The molecule has 2 aliphatic heterocycles. The summed E-state index contributed by atoms with van der Waals surface area (Å²) >= 11 is 3.49. The van der Waals surface area contributed by atoms with Crippen molar-refractivity contribution >= 4 is 21.8 Å². The average Bonchev–Trinajstić information content (AvgIpc) is 3.16. The van der Waals surface area contributed by atoms with Crippen LogP contribution in [-0.4, -0.2) is 65.6 Å². The van der Waals surface area contributed by atoms with Crippen molar-refractivity contribution in [1.29, 1.82) is 0 Å². The van der Waals surface area contributed by atoms with Gasteiger partial charge < -0.3 is 14.8 Å². The van der Waals surface area contributed by atoms with E-state index in [0.717, 1.165) is 49.4 Å². The number of hydrogen-bond donors (Lipinski definition) is 1. The maximum absolute atomic E-state index is 12.8. The third-order valence-corrected chi connectivity index (χ3v) is 5.18. The molecule has 5 nitrogen and oxygen atoms in total. The van der Waals surface area contributed by atoms with Crippen molar-refractivity contribution in [3.63, 3.8) is 0 Å². The molecule has 122 valence electrons. The third-order valence-electron chi connectivity index (χ3n) is 4.74. The number of hydrogen-bond acceptors (Lipinski definition) is 3. The maximum Gasteiger partial charge on any atom is 0.270 e. The fraction of sp³-hybridized carbons (Fsp3) is 0.688. The Morgan fingerprint density at radius 1 is 1.32 bits per heavy atom. The lowest BCUT2D eigenvalue weighted by Gasteiger charge is -2.38. The Morgan fingerprint density at radius 2 is 2.05 bits per heavy atom. The molecule has 0 aliphatic carbocycles. The van der Waals surface area contributed by atoms with Gasteiger partial charge >= 0.3 is 0 Å². The van der Waals surface area contributed by atoms with Crippen LogP contribution in [0, 0.1) is 0 Å². The fourth-order valence-electron chi connectivity index (χ4n) is 3.45. The van der Waals surface area contributed by atoms with Gasteiger partial charge in [-0.3, -0.25) is 9.69 Å². The van der Waals surface area contributed by atoms with Crippen LogP contribution in [0.2, 0.25) is 0 Å². The fourth-order valence-corrected chi connectivity index (χ4v) is 3.88. The Hall–Kier alpha value is -0.850. The van der Waals surface area contributed by atoms with Gasteiger partial charge in [0.25, 0.3) is 5.91 Å². The van der Waals surface area contributed by atoms with E-state index in [1.807, 2.05) is 17.2 Å². The van der Waals surface area contributed by atoms with Crippen LogP contribution in [0.15, 0.2) is 16.7 Å². The van der Waals surface area contributed by atoms with Crippen LogP contribution >= 0.6 is 15.9 Å². The molecule has 0 radical (unpaired) electrons. The third kappa shape index (κ3) is 3.24. The Kier molecular flexibility index (Phi) is 4.90. The number of amides is 1. The van der Waals surface area contributed by atoms with Crippen molar-refractivity contribution in [2.24, 2.45) is 0 Å². The zero-order valence-electron chi connectivity index (χ0n) is 13.4. The molecule has 0 bridgehead atoms. The lowest BCUT2D eigenvalue weighted by molar-refractivity contribution is 0.0572. The van der Waals surface area contributed by atoms with Crippen molar-refractivity contribution in [3.8, 4) is 0 Å². The summed E-state index contributed by atoms with van der Waals surface area (Å²) in [6, 6.07) is 2.89. The van der Waals surface area contributed by atoms with Gasteiger partial charge in [-0.05, 0) is 48.8 Å². The second-order valence-electron chi connectivity index (χ2n) is 6.52. The van der Waals surface area contributed by atoms with Crippen LogP contribution in [-0.2, 0) is 0 Å². The zero-order valence-corrected chi connectivity index (χ0v) is 15.0. The van der Waals surface area contributed by atoms with Crippen molar-refractivity contribution < 1.29 is 4.79 Å². The topological polar surface area (TPSA) is 40.5 Å². The van der Waals surface area contributed by atoms with E-state index >= 15 is 0 Å². The van der Waals surface area contributed by atoms with Gasteiger partial charge in [0.05, 0.1) is 0 Å². The highest BCUT2D eigenvalue weighted by Crippen LogP contribution is 2.22. The normalized spacial score (nSPS) is 23.5. The van der Waals surface area contributed by atoms with Crippen molar-refractivity contribution in [2.75, 3.05) is 39.3 Å². The molecular weight excluding hydrogens is 344 g/mol. The second-order valence-corrected chi connectivity index (χ2v) is 7.44. The summed E-state index contributed by atoms with van der Waals surface area (Å²) in [5.74, 6) is 0.156. The lowest BCUT2D eigenvalue weighted by Crippen LogP contribution is -2.52. The summed E-state index contributed by atoms with van der Waals surface area (Å²) in [5, 5.41) is 3.42. The Bertz CT molecular complexity index is 528. The molecule has 1 aromatic heterocycles. The molecule has 0 aromatic carbocycles. The summed E-state index contributed by atoms with van der Waals surface area (Å²) in [6.45, 7) is 10.1. The van der Waals surface area contributed by atoms with Crippen molar-refractivity contribution in [2.45, 2.75) is 32.4 Å². The number of rotatable bonds is 3. The SMILES string of the molecule is CC(C)n1cc(Br)cc1C(=O)N1CCN(C2CCNC2)CC1. The summed E-state index contributed by atoms with van der Waals surface area (Å²) in [6.07, 6.45) is 3.23. The van der Waals surface area contributed by atoms with E-state index in [-0.39, 0.29) is 11.9 Å². The van der Waals surface area contributed by atoms with Gasteiger partial charge in [-0.1, -0.05) is 0 Å². The van der Waals surface area contributed by atoms with E-state index in [4.69, 9.17) is 0 Å². The number of carbonyl (C=O) groups excluding carboxylic acids is 1. The smallest absolute Gasteiger partial charge is 0.270 e. The highest BCUT2D eigenvalue weighted by Gasteiger charge is 2.29. The molecule has 2 aliphatic rings. The largest absolute Gasteiger partial charge is 0.340 e. The molecule has 6 heteroatoms. The highest BCUT2D eigenvalue weighted by molar-refractivity contribution is 9.10. The molecule has 3 rings (SSSR count). The minimum absolute atomic E-state index is 0.156. The highest BCUT2D eigenvalue weighted by atomic mass is 79.9. The predicted octanol–water partition coefficient (Wildman–Crippen LogP) is 1.95. The van der Waals surface area contributed by atoms with E-state index in [2.05, 4.69) is 44.6 Å². The average molecular weight is 369 g/mol. The van der Waals surface area contributed by atoms with Crippen LogP contribution in [0.3, 0.4) is 0 Å². The molecule has 1 amide bonds. The summed E-state index contributed by atoms with van der Waals surface area (Å²) in [5.41, 5.74) is 0.790. The molecule has 0 spiro atoms. The molecule has 22 heavy (non-hydrogen) atoms. The summed E-state index contributed by atoms with van der Waals surface area (Å²) < 4.78 is 3.03. The van der Waals surface area contributed by atoms with Gasteiger partial charge in [0.15, 0.2) is 0 Å². The van der Waals surface area contributed by atoms with Gasteiger partial charge in [-0.15, -0.1) is 0 Å². The molecule has 1 unspecified atom stereocenters. The molecule has 1 atom stereocenters. The number of nitrogens with one attached hydrogen (secondary N) is 1. The molecule has 1 aromatic rings. The first-order valence-corrected chi connectivity index (χ1v) is 8.97. The van der Waals surface area contributed by atoms with Gasteiger partial charge in [-0.25, -0.2) is 0 Å². The van der Waals surface area contributed by atoms with Crippen LogP contribution < -0.4 is 5.32 Å². The van der Waals surface area contributed by atoms with Crippen molar-refractivity contribution in [1.82, 2.24) is 19.7 Å². The minimum atomic E-state index is 0.156. The Balaban J connectivity index is 1.64. The first-order chi connectivity index (χ1) is 10.6. The molecular formula is C16H25BrN4O. The standard InChI is InChI=1S/C16H25BrN4O/c1-12(2)21-11-13(17)9-15(21)16(22)20-7-5-19(6-8-20)14-3-4-18-10-14/h9,11-12,14,18H,3-8,10H2,1-2H3. The van der Waals surface area contributed by atoms with Gasteiger partial charge in [0.2, 0.25) is 0 Å². The molecule has 1 N–H and O–H groups in total. The molecule has 3 heterocycles. The van der Waals surface area contributed by atoms with Crippen LogP contribution in [0.25, 0.3) is 0 Å². The van der Waals surface area contributed by atoms with Crippen molar-refractivity contribution in [3.05, 3.63) is 22.4 Å². The van der Waals surface area contributed by atoms with E-state index in [1.54, 1.807) is 0 Å². The molecule has 2 saturated heterocycles. The summed E-state index contributed by atoms with van der Waals surface area (Å²) in [7, 11) is 0. The number of aromatic nitrogens is 1. The number of halogens is 1. The lowest BCUT2D eigenvalue weighted by atomic mass is 10.2. The number of piperazine rings is 1. The van der Waals surface area contributed by atoms with Gasteiger partial charge in [0.1, 0.15) is 5.69 Å². The quantitative estimate of drug-likeness (QED) is 0.886. The Labute approximate surface area is 140 Å². The number of carbonyl (C=O) groups is 1.